The lowest BCUT2D eigenvalue weighted by atomic mass is 10.1. The van der Waals surface area contributed by atoms with Crippen LogP contribution in [0.15, 0.2) is 39.9 Å². The van der Waals surface area contributed by atoms with Crippen LogP contribution in [0.2, 0.25) is 0 Å². The van der Waals surface area contributed by atoms with Crippen molar-refractivity contribution in [1.82, 2.24) is 9.97 Å². The Balaban J connectivity index is 2.59. The summed E-state index contributed by atoms with van der Waals surface area (Å²) < 4.78 is 12.6. The van der Waals surface area contributed by atoms with Crippen LogP contribution in [0, 0.1) is 5.82 Å². The van der Waals surface area contributed by atoms with Crippen molar-refractivity contribution in [2.75, 3.05) is 0 Å². The second kappa shape index (κ2) is 3.53. The monoisotopic (exact) mass is 206 g/mol. The summed E-state index contributed by atoms with van der Waals surface area (Å²) in [6.07, 6.45) is 0. The number of hydrogen-bond acceptors (Lipinski definition) is 2. The molecule has 2 rings (SSSR count). The molecule has 0 fully saturated rings. The van der Waals surface area contributed by atoms with E-state index in [-0.39, 0.29) is 5.82 Å². The molecule has 0 aliphatic carbocycles. The standard InChI is InChI=1S/C10H7FN2O2/c11-7-3-1-6(2-4-7)8-5-9(14)13-10(15)12-8/h1-5H,(H2,12,13,14,15). The Morgan fingerprint density at radius 1 is 1.00 bits per heavy atom. The van der Waals surface area contributed by atoms with E-state index in [2.05, 4.69) is 9.97 Å². The van der Waals surface area contributed by atoms with E-state index in [0.717, 1.165) is 0 Å². The fourth-order valence-electron chi connectivity index (χ4n) is 1.25. The molecule has 0 aliphatic rings. The first kappa shape index (κ1) is 9.39. The van der Waals surface area contributed by atoms with Gasteiger partial charge in [0, 0.05) is 6.07 Å². The summed E-state index contributed by atoms with van der Waals surface area (Å²) in [7, 11) is 0. The van der Waals surface area contributed by atoms with E-state index in [4.69, 9.17) is 0 Å². The Kier molecular flexibility index (Phi) is 2.21. The average Bonchev–Trinajstić information content (AvgIpc) is 2.17. The van der Waals surface area contributed by atoms with Crippen molar-refractivity contribution in [2.45, 2.75) is 0 Å². The molecular weight excluding hydrogens is 199 g/mol. The molecule has 0 amide bonds. The van der Waals surface area contributed by atoms with Crippen LogP contribution in [0.5, 0.6) is 0 Å². The van der Waals surface area contributed by atoms with Gasteiger partial charge in [-0.3, -0.25) is 9.78 Å². The summed E-state index contributed by atoms with van der Waals surface area (Å²) in [5.41, 5.74) is -0.122. The zero-order valence-corrected chi connectivity index (χ0v) is 7.58. The summed E-state index contributed by atoms with van der Waals surface area (Å²) in [6.45, 7) is 0. The van der Waals surface area contributed by atoms with Crippen LogP contribution in [0.1, 0.15) is 0 Å². The van der Waals surface area contributed by atoms with Gasteiger partial charge in [0.15, 0.2) is 0 Å². The highest BCUT2D eigenvalue weighted by Gasteiger charge is 2.00. The normalized spacial score (nSPS) is 10.2. The molecule has 1 aromatic heterocycles. The van der Waals surface area contributed by atoms with E-state index in [9.17, 15) is 14.0 Å². The van der Waals surface area contributed by atoms with Gasteiger partial charge in [-0.05, 0) is 29.8 Å². The maximum absolute atomic E-state index is 12.6. The summed E-state index contributed by atoms with van der Waals surface area (Å²) >= 11 is 0. The summed E-state index contributed by atoms with van der Waals surface area (Å²) in [5, 5.41) is 0. The van der Waals surface area contributed by atoms with Gasteiger partial charge in [-0.2, -0.15) is 0 Å². The van der Waals surface area contributed by atoms with Gasteiger partial charge < -0.3 is 4.98 Å². The van der Waals surface area contributed by atoms with E-state index in [1.165, 1.54) is 30.3 Å². The van der Waals surface area contributed by atoms with Crippen LogP contribution in [0.25, 0.3) is 11.3 Å². The van der Waals surface area contributed by atoms with Crippen LogP contribution in [-0.4, -0.2) is 9.97 Å². The van der Waals surface area contributed by atoms with Gasteiger partial charge in [0.05, 0.1) is 5.69 Å². The Morgan fingerprint density at radius 3 is 2.27 bits per heavy atom. The third-order valence-corrected chi connectivity index (χ3v) is 1.92. The van der Waals surface area contributed by atoms with Crippen molar-refractivity contribution in [2.24, 2.45) is 0 Å². The van der Waals surface area contributed by atoms with Gasteiger partial charge in [-0.1, -0.05) is 0 Å². The molecule has 0 unspecified atom stereocenters. The molecule has 0 spiro atoms. The van der Waals surface area contributed by atoms with Gasteiger partial charge in [0.1, 0.15) is 5.82 Å². The molecule has 4 nitrogen and oxygen atoms in total. The van der Waals surface area contributed by atoms with Crippen LogP contribution >= 0.6 is 0 Å². The zero-order valence-electron chi connectivity index (χ0n) is 7.58. The van der Waals surface area contributed by atoms with Gasteiger partial charge in [-0.25, -0.2) is 9.18 Å². The summed E-state index contributed by atoms with van der Waals surface area (Å²) in [5.74, 6) is -0.370. The molecule has 0 bridgehead atoms. The van der Waals surface area contributed by atoms with Gasteiger partial charge in [-0.15, -0.1) is 0 Å². The predicted molar refractivity (Wildman–Crippen MR) is 53.1 cm³/mol. The van der Waals surface area contributed by atoms with Crippen LogP contribution in [0.4, 0.5) is 4.39 Å². The fourth-order valence-corrected chi connectivity index (χ4v) is 1.25. The number of nitrogens with one attached hydrogen (secondary N) is 2. The van der Waals surface area contributed by atoms with Crippen LogP contribution < -0.4 is 11.2 Å². The van der Waals surface area contributed by atoms with Crippen molar-refractivity contribution in [3.8, 4) is 11.3 Å². The fraction of sp³-hybridized carbons (Fsp3) is 0. The van der Waals surface area contributed by atoms with Crippen LogP contribution in [-0.2, 0) is 0 Å². The van der Waals surface area contributed by atoms with Crippen molar-refractivity contribution >= 4 is 0 Å². The molecular formula is C10H7FN2O2. The minimum atomic E-state index is -0.582. The molecule has 15 heavy (non-hydrogen) atoms. The number of hydrogen-bond donors (Lipinski definition) is 2. The largest absolute Gasteiger partial charge is 0.326 e. The highest BCUT2D eigenvalue weighted by atomic mass is 19.1. The summed E-state index contributed by atoms with van der Waals surface area (Å²) in [6, 6.07) is 6.73. The van der Waals surface area contributed by atoms with E-state index >= 15 is 0 Å². The third-order valence-electron chi connectivity index (χ3n) is 1.92. The molecule has 5 heteroatoms. The molecule has 1 aromatic carbocycles. The average molecular weight is 206 g/mol. The topological polar surface area (TPSA) is 65.7 Å². The molecule has 0 radical (unpaired) electrons. The van der Waals surface area contributed by atoms with Crippen molar-refractivity contribution in [3.05, 3.63) is 57.0 Å². The van der Waals surface area contributed by atoms with E-state index in [1.54, 1.807) is 0 Å². The second-order valence-corrected chi connectivity index (χ2v) is 3.01. The van der Waals surface area contributed by atoms with E-state index < -0.39 is 11.2 Å². The predicted octanol–water partition coefficient (Wildman–Crippen LogP) is 0.869. The SMILES string of the molecule is O=c1cc(-c2ccc(F)cc2)[nH]c(=O)[nH]1. The number of aromatic amines is 2. The third kappa shape index (κ3) is 2.01. The minimum Gasteiger partial charge on any atom is -0.307 e. The molecule has 76 valence electrons. The van der Waals surface area contributed by atoms with Gasteiger partial charge >= 0.3 is 5.69 Å². The molecule has 0 saturated heterocycles. The Labute approximate surface area is 83.4 Å². The Bertz CT molecular complexity index is 555. The maximum Gasteiger partial charge on any atom is 0.326 e. The van der Waals surface area contributed by atoms with Gasteiger partial charge in [0.25, 0.3) is 5.56 Å². The number of halogens is 1. The molecule has 0 atom stereocenters. The van der Waals surface area contributed by atoms with Gasteiger partial charge in [0.2, 0.25) is 0 Å². The summed E-state index contributed by atoms with van der Waals surface area (Å²) in [4.78, 5) is 26.5. The first-order chi connectivity index (χ1) is 7.15. The first-order valence-electron chi connectivity index (χ1n) is 4.25. The molecule has 2 aromatic rings. The zero-order chi connectivity index (χ0) is 10.8. The van der Waals surface area contributed by atoms with Crippen molar-refractivity contribution < 1.29 is 4.39 Å². The molecule has 0 saturated carbocycles. The number of rotatable bonds is 1. The molecule has 2 N–H and O–H groups in total. The van der Waals surface area contributed by atoms with E-state index in [1.807, 2.05) is 0 Å². The Morgan fingerprint density at radius 2 is 1.67 bits per heavy atom. The number of H-pyrrole nitrogens is 2. The highest BCUT2D eigenvalue weighted by molar-refractivity contribution is 5.57. The number of aromatic nitrogens is 2. The minimum absolute atomic E-state index is 0.365. The number of benzene rings is 1. The first-order valence-corrected chi connectivity index (χ1v) is 4.25. The Hall–Kier alpha value is -2.17. The lowest BCUT2D eigenvalue weighted by molar-refractivity contribution is 0.628. The van der Waals surface area contributed by atoms with Crippen molar-refractivity contribution in [3.63, 3.8) is 0 Å². The van der Waals surface area contributed by atoms with Crippen molar-refractivity contribution in [1.29, 1.82) is 0 Å². The smallest absolute Gasteiger partial charge is 0.307 e. The van der Waals surface area contributed by atoms with E-state index in [0.29, 0.717) is 11.3 Å². The van der Waals surface area contributed by atoms with Crippen LogP contribution in [0.3, 0.4) is 0 Å². The highest BCUT2D eigenvalue weighted by Crippen LogP contribution is 2.13. The molecule has 0 aliphatic heterocycles. The quantitative estimate of drug-likeness (QED) is 0.727. The second-order valence-electron chi connectivity index (χ2n) is 3.01. The molecule has 1 heterocycles. The lowest BCUT2D eigenvalue weighted by Crippen LogP contribution is -2.21. The maximum atomic E-state index is 12.6. The lowest BCUT2D eigenvalue weighted by Gasteiger charge is -1.99.